The lowest BCUT2D eigenvalue weighted by Crippen LogP contribution is -2.56. The standard InChI is InChI=1S/C18H21IN2/c1-18(16-5-3-2-4-6-16)14-20-11-12-21(18)13-15-7-9-17(19)10-8-15/h2-10,20H,11-14H2,1H3. The van der Waals surface area contributed by atoms with E-state index in [0.29, 0.717) is 0 Å². The molecule has 0 bridgehead atoms. The van der Waals surface area contributed by atoms with Crippen molar-refractivity contribution in [2.75, 3.05) is 19.6 Å². The van der Waals surface area contributed by atoms with Gasteiger partial charge < -0.3 is 5.32 Å². The molecule has 1 unspecified atom stereocenters. The molecule has 2 aromatic carbocycles. The number of hydrogen-bond acceptors (Lipinski definition) is 2. The average molecular weight is 392 g/mol. The number of hydrogen-bond donors (Lipinski definition) is 1. The van der Waals surface area contributed by atoms with Crippen LogP contribution in [-0.4, -0.2) is 24.5 Å². The van der Waals surface area contributed by atoms with E-state index in [-0.39, 0.29) is 5.54 Å². The zero-order valence-electron chi connectivity index (χ0n) is 12.3. The third kappa shape index (κ3) is 3.30. The maximum Gasteiger partial charge on any atom is 0.0561 e. The minimum Gasteiger partial charge on any atom is -0.313 e. The Labute approximate surface area is 140 Å². The van der Waals surface area contributed by atoms with Gasteiger partial charge in [0.25, 0.3) is 0 Å². The summed E-state index contributed by atoms with van der Waals surface area (Å²) in [6.07, 6.45) is 0. The zero-order valence-corrected chi connectivity index (χ0v) is 14.5. The van der Waals surface area contributed by atoms with Crippen LogP contribution in [0.3, 0.4) is 0 Å². The number of nitrogens with one attached hydrogen (secondary N) is 1. The predicted molar refractivity (Wildman–Crippen MR) is 96.2 cm³/mol. The molecule has 2 aromatic rings. The predicted octanol–water partition coefficient (Wildman–Crippen LogP) is 3.61. The molecule has 3 heteroatoms. The molecule has 1 aliphatic heterocycles. The molecule has 3 rings (SSSR count). The molecule has 1 atom stereocenters. The maximum atomic E-state index is 3.56. The number of benzene rings is 2. The van der Waals surface area contributed by atoms with Gasteiger partial charge in [-0.2, -0.15) is 0 Å². The molecule has 1 saturated heterocycles. The van der Waals surface area contributed by atoms with E-state index >= 15 is 0 Å². The Balaban J connectivity index is 1.86. The van der Waals surface area contributed by atoms with E-state index in [1.807, 2.05) is 0 Å². The normalized spacial score (nSPS) is 23.1. The lowest BCUT2D eigenvalue weighted by Gasteiger charge is -2.45. The van der Waals surface area contributed by atoms with E-state index in [2.05, 4.69) is 94.3 Å². The van der Waals surface area contributed by atoms with Gasteiger partial charge in [-0.3, -0.25) is 4.90 Å². The van der Waals surface area contributed by atoms with Gasteiger partial charge in [0.1, 0.15) is 0 Å². The van der Waals surface area contributed by atoms with Crippen LogP contribution in [0.15, 0.2) is 54.6 Å². The van der Waals surface area contributed by atoms with Crippen LogP contribution in [-0.2, 0) is 12.1 Å². The number of halogens is 1. The molecule has 1 fully saturated rings. The second-order valence-corrected chi connectivity index (χ2v) is 7.11. The van der Waals surface area contributed by atoms with Crippen molar-refractivity contribution in [2.45, 2.75) is 19.0 Å². The highest BCUT2D eigenvalue weighted by atomic mass is 127. The van der Waals surface area contributed by atoms with Crippen LogP contribution in [0.5, 0.6) is 0 Å². The first-order valence-electron chi connectivity index (χ1n) is 7.44. The summed E-state index contributed by atoms with van der Waals surface area (Å²) in [5.74, 6) is 0. The Morgan fingerprint density at radius 3 is 2.52 bits per heavy atom. The van der Waals surface area contributed by atoms with Crippen molar-refractivity contribution in [3.8, 4) is 0 Å². The van der Waals surface area contributed by atoms with Crippen LogP contribution in [0, 0.1) is 3.57 Å². The first-order chi connectivity index (χ1) is 10.2. The second-order valence-electron chi connectivity index (χ2n) is 5.86. The molecule has 2 nitrogen and oxygen atoms in total. The fourth-order valence-corrected chi connectivity index (χ4v) is 3.41. The van der Waals surface area contributed by atoms with Crippen LogP contribution in [0.2, 0.25) is 0 Å². The highest BCUT2D eigenvalue weighted by molar-refractivity contribution is 14.1. The smallest absolute Gasteiger partial charge is 0.0561 e. The van der Waals surface area contributed by atoms with Gasteiger partial charge in [0.05, 0.1) is 5.54 Å². The molecular formula is C18H21IN2. The first kappa shape index (κ1) is 15.0. The van der Waals surface area contributed by atoms with E-state index in [4.69, 9.17) is 0 Å². The maximum absolute atomic E-state index is 3.56. The SMILES string of the molecule is CC1(c2ccccc2)CNCCN1Cc1ccc(I)cc1. The topological polar surface area (TPSA) is 15.3 Å². The van der Waals surface area contributed by atoms with Crippen molar-refractivity contribution in [3.05, 3.63) is 69.3 Å². The quantitative estimate of drug-likeness (QED) is 0.803. The van der Waals surface area contributed by atoms with E-state index in [1.165, 1.54) is 14.7 Å². The van der Waals surface area contributed by atoms with Crippen LogP contribution in [0.4, 0.5) is 0 Å². The fourth-order valence-electron chi connectivity index (χ4n) is 3.05. The third-order valence-corrected chi connectivity index (χ3v) is 5.13. The lowest BCUT2D eigenvalue weighted by atomic mass is 9.88. The molecule has 0 radical (unpaired) electrons. The van der Waals surface area contributed by atoms with E-state index in [1.54, 1.807) is 0 Å². The highest BCUT2D eigenvalue weighted by Crippen LogP contribution is 2.30. The van der Waals surface area contributed by atoms with Gasteiger partial charge in [-0.05, 0) is 52.8 Å². The number of piperazine rings is 1. The fraction of sp³-hybridized carbons (Fsp3) is 0.333. The molecule has 0 spiro atoms. The van der Waals surface area contributed by atoms with Crippen molar-refractivity contribution < 1.29 is 0 Å². The van der Waals surface area contributed by atoms with Crippen molar-refractivity contribution >= 4 is 22.6 Å². The number of rotatable bonds is 3. The summed E-state index contributed by atoms with van der Waals surface area (Å²) < 4.78 is 1.29. The average Bonchev–Trinajstić information content (AvgIpc) is 2.53. The molecule has 1 heterocycles. The summed E-state index contributed by atoms with van der Waals surface area (Å²) in [7, 11) is 0. The van der Waals surface area contributed by atoms with Crippen molar-refractivity contribution in [2.24, 2.45) is 0 Å². The van der Waals surface area contributed by atoms with E-state index in [0.717, 1.165) is 26.2 Å². The Kier molecular flexibility index (Phi) is 4.62. The van der Waals surface area contributed by atoms with Crippen LogP contribution in [0.1, 0.15) is 18.1 Å². The molecule has 1 N–H and O–H groups in total. The van der Waals surface area contributed by atoms with Gasteiger partial charge in [0.2, 0.25) is 0 Å². The lowest BCUT2D eigenvalue weighted by molar-refractivity contribution is 0.0650. The summed E-state index contributed by atoms with van der Waals surface area (Å²) in [4.78, 5) is 2.60. The molecule has 1 aliphatic rings. The Morgan fingerprint density at radius 2 is 1.81 bits per heavy atom. The molecule has 0 aliphatic carbocycles. The summed E-state index contributed by atoms with van der Waals surface area (Å²) in [6.45, 7) is 6.50. The van der Waals surface area contributed by atoms with E-state index < -0.39 is 0 Å². The molecule has 21 heavy (non-hydrogen) atoms. The van der Waals surface area contributed by atoms with Gasteiger partial charge in [0, 0.05) is 29.7 Å². The second kappa shape index (κ2) is 6.46. The Hall–Kier alpha value is -0.910. The summed E-state index contributed by atoms with van der Waals surface area (Å²) in [6, 6.07) is 19.7. The van der Waals surface area contributed by atoms with Gasteiger partial charge in [-0.25, -0.2) is 0 Å². The van der Waals surface area contributed by atoms with Crippen molar-refractivity contribution in [1.82, 2.24) is 10.2 Å². The van der Waals surface area contributed by atoms with Crippen molar-refractivity contribution in [3.63, 3.8) is 0 Å². The number of nitrogens with zero attached hydrogens (tertiary/aromatic N) is 1. The van der Waals surface area contributed by atoms with Crippen LogP contribution < -0.4 is 5.32 Å². The monoisotopic (exact) mass is 392 g/mol. The van der Waals surface area contributed by atoms with Gasteiger partial charge in [0.15, 0.2) is 0 Å². The molecule has 0 saturated carbocycles. The van der Waals surface area contributed by atoms with Gasteiger partial charge in [-0.1, -0.05) is 42.5 Å². The van der Waals surface area contributed by atoms with Crippen LogP contribution in [0.25, 0.3) is 0 Å². The Morgan fingerprint density at radius 1 is 1.10 bits per heavy atom. The highest BCUT2D eigenvalue weighted by Gasteiger charge is 2.35. The molecular weight excluding hydrogens is 371 g/mol. The third-order valence-electron chi connectivity index (χ3n) is 4.41. The van der Waals surface area contributed by atoms with Crippen LogP contribution >= 0.6 is 22.6 Å². The zero-order chi connectivity index (χ0) is 14.7. The summed E-state index contributed by atoms with van der Waals surface area (Å²) >= 11 is 2.36. The Bertz CT molecular complexity index is 582. The van der Waals surface area contributed by atoms with Gasteiger partial charge >= 0.3 is 0 Å². The largest absolute Gasteiger partial charge is 0.313 e. The molecule has 0 aromatic heterocycles. The first-order valence-corrected chi connectivity index (χ1v) is 8.52. The van der Waals surface area contributed by atoms with E-state index in [9.17, 15) is 0 Å². The minimum absolute atomic E-state index is 0.0580. The molecule has 110 valence electrons. The summed E-state index contributed by atoms with van der Waals surface area (Å²) in [5, 5.41) is 3.56. The summed E-state index contributed by atoms with van der Waals surface area (Å²) in [5.41, 5.74) is 2.84. The van der Waals surface area contributed by atoms with Crippen molar-refractivity contribution in [1.29, 1.82) is 0 Å². The minimum atomic E-state index is 0.0580. The van der Waals surface area contributed by atoms with Gasteiger partial charge in [-0.15, -0.1) is 0 Å². The molecule has 0 amide bonds.